The van der Waals surface area contributed by atoms with E-state index < -0.39 is 21.9 Å². The number of anilines is 2. The summed E-state index contributed by atoms with van der Waals surface area (Å²) in [5.74, 6) is -1.26. The predicted octanol–water partition coefficient (Wildman–Crippen LogP) is 1.40. The van der Waals surface area contributed by atoms with Crippen molar-refractivity contribution in [3.05, 3.63) is 24.3 Å². The summed E-state index contributed by atoms with van der Waals surface area (Å²) in [6.45, 7) is 0.229. The van der Waals surface area contributed by atoms with Crippen LogP contribution in [0, 0.1) is 5.92 Å². The van der Waals surface area contributed by atoms with Crippen LogP contribution in [-0.4, -0.2) is 40.7 Å². The molecular weight excluding hydrogens is 283 g/mol. The Bertz CT molecular complexity index is 616. The van der Waals surface area contributed by atoms with Gasteiger partial charge in [-0.1, -0.05) is 12.1 Å². The van der Waals surface area contributed by atoms with E-state index in [0.29, 0.717) is 0 Å². The second kappa shape index (κ2) is 5.40. The van der Waals surface area contributed by atoms with Gasteiger partial charge in [0.1, 0.15) is 0 Å². The fraction of sp³-hybridized carbons (Fsp3) is 0.462. The minimum atomic E-state index is -4.55. The third-order valence-corrected chi connectivity index (χ3v) is 4.16. The molecule has 0 spiro atoms. The monoisotopic (exact) mass is 300 g/mol. The van der Waals surface area contributed by atoms with Gasteiger partial charge < -0.3 is 9.80 Å². The largest absolute Gasteiger partial charge is 0.376 e. The summed E-state index contributed by atoms with van der Waals surface area (Å²) in [5, 5.41) is 0. The van der Waals surface area contributed by atoms with E-state index in [9.17, 15) is 17.1 Å². The quantitative estimate of drug-likeness (QED) is 0.789. The van der Waals surface area contributed by atoms with Gasteiger partial charge >= 0.3 is 10.2 Å². The Balaban J connectivity index is 2.24. The van der Waals surface area contributed by atoms with Crippen molar-refractivity contribution in [1.82, 2.24) is 0 Å². The Morgan fingerprint density at radius 2 is 2.00 bits per heavy atom. The third-order valence-electron chi connectivity index (χ3n) is 3.29. The zero-order chi connectivity index (χ0) is 14.9. The molecule has 1 aromatic rings. The Labute approximate surface area is 118 Å². The van der Waals surface area contributed by atoms with Gasteiger partial charge in [0.05, 0.1) is 17.1 Å². The number of carbonyl (C=O) groups excluding carboxylic acids is 1. The smallest absolute Gasteiger partial charge is 0.302 e. The number of rotatable bonds is 4. The van der Waals surface area contributed by atoms with Crippen molar-refractivity contribution >= 4 is 27.5 Å². The molecule has 0 saturated carbocycles. The molecule has 5 nitrogen and oxygen atoms in total. The molecule has 1 unspecified atom stereocenters. The zero-order valence-corrected chi connectivity index (χ0v) is 12.2. The minimum absolute atomic E-state index is 0.0604. The normalized spacial score (nSPS) is 19.4. The highest BCUT2D eigenvalue weighted by molar-refractivity contribution is 7.86. The van der Waals surface area contributed by atoms with E-state index in [1.807, 2.05) is 37.2 Å². The van der Waals surface area contributed by atoms with Crippen molar-refractivity contribution in [1.29, 1.82) is 0 Å². The number of halogens is 1. The first kappa shape index (κ1) is 14.8. The molecule has 7 heteroatoms. The Morgan fingerprint density at radius 3 is 2.60 bits per heavy atom. The van der Waals surface area contributed by atoms with Crippen LogP contribution in [0.2, 0.25) is 0 Å². The molecule has 2 rings (SSSR count). The van der Waals surface area contributed by atoms with Gasteiger partial charge in [0.15, 0.2) is 0 Å². The molecule has 0 radical (unpaired) electrons. The molecule has 0 aromatic heterocycles. The summed E-state index contributed by atoms with van der Waals surface area (Å²) in [6, 6.07) is 7.36. The van der Waals surface area contributed by atoms with Crippen LogP contribution in [0.3, 0.4) is 0 Å². The summed E-state index contributed by atoms with van der Waals surface area (Å²) in [7, 11) is -0.824. The highest BCUT2D eigenvalue weighted by Gasteiger charge is 2.34. The van der Waals surface area contributed by atoms with Crippen LogP contribution >= 0.6 is 0 Å². The lowest BCUT2D eigenvalue weighted by Crippen LogP contribution is -2.27. The molecule has 1 atom stereocenters. The second-order valence-corrected chi connectivity index (χ2v) is 6.57. The maximum atomic E-state index is 12.7. The second-order valence-electron chi connectivity index (χ2n) is 5.16. The molecule has 1 saturated heterocycles. The van der Waals surface area contributed by atoms with Crippen molar-refractivity contribution in [2.75, 3.05) is 36.2 Å². The Kier molecular flexibility index (Phi) is 3.99. The highest BCUT2D eigenvalue weighted by atomic mass is 32.3. The van der Waals surface area contributed by atoms with E-state index in [1.165, 1.54) is 4.90 Å². The van der Waals surface area contributed by atoms with Gasteiger partial charge in [-0.2, -0.15) is 8.42 Å². The van der Waals surface area contributed by atoms with Gasteiger partial charge in [0, 0.05) is 33.0 Å². The molecule has 1 amide bonds. The van der Waals surface area contributed by atoms with Crippen LogP contribution < -0.4 is 9.80 Å². The van der Waals surface area contributed by atoms with E-state index in [-0.39, 0.29) is 18.9 Å². The fourth-order valence-electron chi connectivity index (χ4n) is 2.48. The SMILES string of the molecule is CN(C)c1ccccc1N1CC(CS(=O)(=O)F)CC1=O. The molecule has 1 aliphatic heterocycles. The van der Waals surface area contributed by atoms with Crippen molar-refractivity contribution < 1.29 is 17.1 Å². The van der Waals surface area contributed by atoms with Gasteiger partial charge in [0.25, 0.3) is 0 Å². The van der Waals surface area contributed by atoms with Crippen LogP contribution in [0.15, 0.2) is 24.3 Å². The fourth-order valence-corrected chi connectivity index (χ4v) is 3.26. The third kappa shape index (κ3) is 3.27. The van der Waals surface area contributed by atoms with E-state index in [1.54, 1.807) is 6.07 Å². The van der Waals surface area contributed by atoms with Gasteiger partial charge in [-0.15, -0.1) is 3.89 Å². The maximum Gasteiger partial charge on any atom is 0.302 e. The number of benzene rings is 1. The number of nitrogens with zero attached hydrogens (tertiary/aromatic N) is 2. The predicted molar refractivity (Wildman–Crippen MR) is 76.1 cm³/mol. The van der Waals surface area contributed by atoms with E-state index in [4.69, 9.17) is 0 Å². The Hall–Kier alpha value is -1.63. The van der Waals surface area contributed by atoms with Gasteiger partial charge in [-0.3, -0.25) is 4.79 Å². The average Bonchev–Trinajstić information content (AvgIpc) is 2.67. The highest BCUT2D eigenvalue weighted by Crippen LogP contribution is 2.33. The molecule has 0 bridgehead atoms. The average molecular weight is 300 g/mol. The first-order valence-corrected chi connectivity index (χ1v) is 7.82. The topological polar surface area (TPSA) is 57.7 Å². The van der Waals surface area contributed by atoms with Crippen molar-refractivity contribution in [3.63, 3.8) is 0 Å². The lowest BCUT2D eigenvalue weighted by molar-refractivity contribution is -0.117. The van der Waals surface area contributed by atoms with Crippen LogP contribution in [0.5, 0.6) is 0 Å². The first-order chi connectivity index (χ1) is 9.28. The zero-order valence-electron chi connectivity index (χ0n) is 11.4. The van der Waals surface area contributed by atoms with Gasteiger partial charge in [-0.25, -0.2) is 0 Å². The van der Waals surface area contributed by atoms with E-state index in [0.717, 1.165) is 11.4 Å². The molecule has 0 N–H and O–H groups in total. The maximum absolute atomic E-state index is 12.7. The lowest BCUT2D eigenvalue weighted by atomic mass is 10.1. The van der Waals surface area contributed by atoms with Gasteiger partial charge in [0.2, 0.25) is 5.91 Å². The first-order valence-electron chi connectivity index (χ1n) is 6.27. The summed E-state index contributed by atoms with van der Waals surface area (Å²) in [5.41, 5.74) is 1.59. The number of para-hydroxylation sites is 2. The number of hydrogen-bond acceptors (Lipinski definition) is 4. The lowest BCUT2D eigenvalue weighted by Gasteiger charge is -2.24. The summed E-state index contributed by atoms with van der Waals surface area (Å²) in [4.78, 5) is 15.4. The molecular formula is C13H17FN2O3S. The molecule has 110 valence electrons. The van der Waals surface area contributed by atoms with E-state index >= 15 is 0 Å². The minimum Gasteiger partial charge on any atom is -0.376 e. The van der Waals surface area contributed by atoms with Crippen LogP contribution in [0.4, 0.5) is 15.3 Å². The van der Waals surface area contributed by atoms with Crippen molar-refractivity contribution in [3.8, 4) is 0 Å². The van der Waals surface area contributed by atoms with E-state index in [2.05, 4.69) is 0 Å². The van der Waals surface area contributed by atoms with Crippen molar-refractivity contribution in [2.45, 2.75) is 6.42 Å². The summed E-state index contributed by atoms with van der Waals surface area (Å²) < 4.78 is 34.2. The van der Waals surface area contributed by atoms with Crippen LogP contribution in [-0.2, 0) is 15.0 Å². The van der Waals surface area contributed by atoms with Crippen LogP contribution in [0.25, 0.3) is 0 Å². The molecule has 1 aliphatic rings. The molecule has 1 aromatic carbocycles. The standard InChI is InChI=1S/C13H17FN2O3S/c1-15(2)11-5-3-4-6-12(11)16-8-10(7-13(16)17)9-20(14,18)19/h3-6,10H,7-9H2,1-2H3. The number of hydrogen-bond donors (Lipinski definition) is 0. The summed E-state index contributed by atoms with van der Waals surface area (Å²) >= 11 is 0. The van der Waals surface area contributed by atoms with Crippen LogP contribution in [0.1, 0.15) is 6.42 Å². The van der Waals surface area contributed by atoms with Gasteiger partial charge in [-0.05, 0) is 12.1 Å². The Morgan fingerprint density at radius 1 is 1.35 bits per heavy atom. The van der Waals surface area contributed by atoms with Crippen molar-refractivity contribution in [2.24, 2.45) is 5.92 Å². The summed E-state index contributed by atoms with van der Waals surface area (Å²) in [6.07, 6.45) is 0.0604. The molecule has 1 fully saturated rings. The number of amides is 1. The number of carbonyl (C=O) groups is 1. The molecule has 20 heavy (non-hydrogen) atoms. The molecule has 0 aliphatic carbocycles. The molecule has 1 heterocycles.